The van der Waals surface area contributed by atoms with E-state index < -0.39 is 11.7 Å². The van der Waals surface area contributed by atoms with Gasteiger partial charge in [-0.15, -0.1) is 11.3 Å². The molecule has 3 aromatic rings. The first-order valence-corrected chi connectivity index (χ1v) is 9.02. The van der Waals surface area contributed by atoms with Gasteiger partial charge in [-0.2, -0.15) is 0 Å². The van der Waals surface area contributed by atoms with Crippen LogP contribution in [0.1, 0.15) is 26.5 Å². The standard InChI is InChI=1S/C19H16ClFN2O2S/c1-11-17(9-12-5-3-4-6-15(12)20)26-19(22-11)23-18(24)14-8-7-13(25-2)10-16(14)21/h3-8,10H,9H2,1-2H3,(H,22,23,24). The van der Waals surface area contributed by atoms with Crippen LogP contribution >= 0.6 is 22.9 Å². The number of halogens is 2. The third kappa shape index (κ3) is 4.03. The van der Waals surface area contributed by atoms with Gasteiger partial charge in [0.05, 0.1) is 18.4 Å². The lowest BCUT2D eigenvalue weighted by atomic mass is 10.1. The quantitative estimate of drug-likeness (QED) is 0.659. The lowest BCUT2D eigenvalue weighted by Crippen LogP contribution is -2.13. The number of benzene rings is 2. The van der Waals surface area contributed by atoms with Gasteiger partial charge in [0, 0.05) is 22.4 Å². The molecule has 0 unspecified atom stereocenters. The fourth-order valence-electron chi connectivity index (χ4n) is 2.43. The number of nitrogens with zero attached hydrogens (tertiary/aromatic N) is 1. The van der Waals surface area contributed by atoms with Gasteiger partial charge in [0.15, 0.2) is 5.13 Å². The fraction of sp³-hybridized carbons (Fsp3) is 0.158. The summed E-state index contributed by atoms with van der Waals surface area (Å²) in [5.74, 6) is -0.846. The van der Waals surface area contributed by atoms with Gasteiger partial charge in [-0.05, 0) is 30.7 Å². The lowest BCUT2D eigenvalue weighted by molar-refractivity contribution is 0.102. The summed E-state index contributed by atoms with van der Waals surface area (Å²) in [7, 11) is 1.44. The minimum absolute atomic E-state index is 0.0636. The average molecular weight is 391 g/mol. The Balaban J connectivity index is 1.77. The molecule has 1 heterocycles. The number of rotatable bonds is 5. The van der Waals surface area contributed by atoms with E-state index in [0.717, 1.165) is 16.1 Å². The molecule has 0 fully saturated rings. The Bertz CT molecular complexity index is 958. The van der Waals surface area contributed by atoms with Crippen molar-refractivity contribution in [3.05, 3.63) is 75.0 Å². The maximum Gasteiger partial charge on any atom is 0.260 e. The molecular weight excluding hydrogens is 375 g/mol. The van der Waals surface area contributed by atoms with Crippen molar-refractivity contribution in [2.45, 2.75) is 13.3 Å². The molecule has 3 rings (SSSR count). The number of anilines is 1. The van der Waals surface area contributed by atoms with Crippen molar-refractivity contribution in [1.82, 2.24) is 4.98 Å². The van der Waals surface area contributed by atoms with Crippen molar-refractivity contribution in [1.29, 1.82) is 0 Å². The summed E-state index contributed by atoms with van der Waals surface area (Å²) in [6.45, 7) is 1.87. The van der Waals surface area contributed by atoms with Crippen LogP contribution in [0.3, 0.4) is 0 Å². The molecule has 134 valence electrons. The van der Waals surface area contributed by atoms with Gasteiger partial charge in [0.25, 0.3) is 5.91 Å². The number of methoxy groups -OCH3 is 1. The highest BCUT2D eigenvalue weighted by Gasteiger charge is 2.16. The highest BCUT2D eigenvalue weighted by molar-refractivity contribution is 7.15. The summed E-state index contributed by atoms with van der Waals surface area (Å²) in [5.41, 5.74) is 1.73. The Kier molecular flexibility index (Phi) is 5.54. The first-order valence-electron chi connectivity index (χ1n) is 7.82. The molecule has 0 bridgehead atoms. The van der Waals surface area contributed by atoms with E-state index in [1.165, 1.54) is 36.6 Å². The van der Waals surface area contributed by atoms with E-state index >= 15 is 0 Å². The Morgan fingerprint density at radius 1 is 1.31 bits per heavy atom. The molecule has 0 atom stereocenters. The number of hydrogen-bond acceptors (Lipinski definition) is 4. The van der Waals surface area contributed by atoms with Crippen LogP contribution < -0.4 is 10.1 Å². The van der Waals surface area contributed by atoms with Crippen molar-refractivity contribution in [3.8, 4) is 5.75 Å². The van der Waals surface area contributed by atoms with Crippen LogP contribution in [0.2, 0.25) is 5.02 Å². The third-order valence-corrected chi connectivity index (χ3v) is 5.28. The number of ether oxygens (including phenoxy) is 1. The fourth-order valence-corrected chi connectivity index (χ4v) is 3.61. The second kappa shape index (κ2) is 7.85. The van der Waals surface area contributed by atoms with Crippen molar-refractivity contribution >= 4 is 34.0 Å². The van der Waals surface area contributed by atoms with Crippen molar-refractivity contribution in [3.63, 3.8) is 0 Å². The summed E-state index contributed by atoms with van der Waals surface area (Å²) >= 11 is 7.55. The number of amides is 1. The second-order valence-corrected chi connectivity index (χ2v) is 7.09. The number of carbonyl (C=O) groups excluding carboxylic acids is 1. The molecule has 4 nitrogen and oxygen atoms in total. The van der Waals surface area contributed by atoms with Crippen LogP contribution in [0.15, 0.2) is 42.5 Å². The lowest BCUT2D eigenvalue weighted by Gasteiger charge is -2.05. The molecule has 0 aliphatic heterocycles. The van der Waals surface area contributed by atoms with Crippen LogP contribution in [-0.2, 0) is 6.42 Å². The molecule has 0 spiro atoms. The Hall–Kier alpha value is -2.44. The summed E-state index contributed by atoms with van der Waals surface area (Å²) in [5, 5.41) is 3.76. The topological polar surface area (TPSA) is 51.2 Å². The number of nitrogens with one attached hydrogen (secondary N) is 1. The SMILES string of the molecule is COc1ccc(C(=O)Nc2nc(C)c(Cc3ccccc3Cl)s2)c(F)c1. The number of aromatic nitrogens is 1. The van der Waals surface area contributed by atoms with E-state index in [4.69, 9.17) is 16.3 Å². The predicted molar refractivity (Wildman–Crippen MR) is 102 cm³/mol. The molecule has 0 saturated heterocycles. The molecule has 1 amide bonds. The average Bonchev–Trinajstić information content (AvgIpc) is 2.95. The molecular formula is C19H16ClFN2O2S. The van der Waals surface area contributed by atoms with Gasteiger partial charge in [-0.25, -0.2) is 9.37 Å². The van der Waals surface area contributed by atoms with E-state index in [2.05, 4.69) is 10.3 Å². The van der Waals surface area contributed by atoms with Crippen molar-refractivity contribution in [2.75, 3.05) is 12.4 Å². The highest BCUT2D eigenvalue weighted by atomic mass is 35.5. The van der Waals surface area contributed by atoms with Gasteiger partial charge < -0.3 is 4.74 Å². The smallest absolute Gasteiger partial charge is 0.260 e. The number of hydrogen-bond donors (Lipinski definition) is 1. The molecule has 0 radical (unpaired) electrons. The maximum absolute atomic E-state index is 14.0. The van der Waals surface area contributed by atoms with Gasteiger partial charge in [-0.1, -0.05) is 29.8 Å². The molecule has 26 heavy (non-hydrogen) atoms. The predicted octanol–water partition coefficient (Wildman–Crippen LogP) is 5.10. The van der Waals surface area contributed by atoms with E-state index in [-0.39, 0.29) is 5.56 Å². The second-order valence-electron chi connectivity index (χ2n) is 5.60. The van der Waals surface area contributed by atoms with Crippen LogP contribution in [0.5, 0.6) is 5.75 Å². The van der Waals surface area contributed by atoms with E-state index in [1.54, 1.807) is 0 Å². The van der Waals surface area contributed by atoms with Gasteiger partial charge in [0.1, 0.15) is 11.6 Å². The zero-order valence-electron chi connectivity index (χ0n) is 14.2. The van der Waals surface area contributed by atoms with Gasteiger partial charge in [0.2, 0.25) is 0 Å². The van der Waals surface area contributed by atoms with Crippen LogP contribution in [0, 0.1) is 12.7 Å². The summed E-state index contributed by atoms with van der Waals surface area (Å²) in [6.07, 6.45) is 0.621. The highest BCUT2D eigenvalue weighted by Crippen LogP contribution is 2.28. The molecule has 2 aromatic carbocycles. The largest absolute Gasteiger partial charge is 0.497 e. The number of thiazole rings is 1. The number of carbonyl (C=O) groups is 1. The minimum Gasteiger partial charge on any atom is -0.497 e. The van der Waals surface area contributed by atoms with Crippen LogP contribution in [-0.4, -0.2) is 18.0 Å². The Morgan fingerprint density at radius 2 is 2.08 bits per heavy atom. The molecule has 1 N–H and O–H groups in total. The Morgan fingerprint density at radius 3 is 2.77 bits per heavy atom. The molecule has 7 heteroatoms. The van der Waals surface area contributed by atoms with E-state index in [9.17, 15) is 9.18 Å². The zero-order valence-corrected chi connectivity index (χ0v) is 15.7. The molecule has 0 aliphatic carbocycles. The summed E-state index contributed by atoms with van der Waals surface area (Å²) < 4.78 is 19.0. The van der Waals surface area contributed by atoms with E-state index in [0.29, 0.717) is 22.3 Å². The maximum atomic E-state index is 14.0. The Labute approximate surface area is 159 Å². The van der Waals surface area contributed by atoms with Gasteiger partial charge >= 0.3 is 0 Å². The minimum atomic E-state index is -0.647. The monoisotopic (exact) mass is 390 g/mol. The van der Waals surface area contributed by atoms with Crippen molar-refractivity contribution < 1.29 is 13.9 Å². The number of aryl methyl sites for hydroxylation is 1. The zero-order chi connectivity index (χ0) is 18.7. The molecule has 0 aliphatic rings. The summed E-state index contributed by atoms with van der Waals surface area (Å²) in [4.78, 5) is 17.7. The van der Waals surface area contributed by atoms with Gasteiger partial charge in [-0.3, -0.25) is 10.1 Å². The van der Waals surface area contributed by atoms with Crippen molar-refractivity contribution in [2.24, 2.45) is 0 Å². The normalized spacial score (nSPS) is 10.6. The van der Waals surface area contributed by atoms with Crippen LogP contribution in [0.4, 0.5) is 9.52 Å². The molecule has 0 saturated carbocycles. The summed E-state index contributed by atoms with van der Waals surface area (Å²) in [6, 6.07) is 11.7. The van der Waals surface area contributed by atoms with Crippen LogP contribution in [0.25, 0.3) is 0 Å². The first kappa shape index (κ1) is 18.4. The molecule has 1 aromatic heterocycles. The van der Waals surface area contributed by atoms with E-state index in [1.807, 2.05) is 31.2 Å². The first-order chi connectivity index (χ1) is 12.5. The third-order valence-electron chi connectivity index (χ3n) is 3.84.